The smallest absolute Gasteiger partial charge is 0.195 e. The van der Waals surface area contributed by atoms with Crippen molar-refractivity contribution in [1.29, 1.82) is 10.5 Å². The Morgan fingerprint density at radius 1 is 1.22 bits per heavy atom. The van der Waals surface area contributed by atoms with Crippen LogP contribution in [0.1, 0.15) is 40.4 Å². The number of nitriles is 2. The number of aromatic nitrogens is 1. The highest BCUT2D eigenvalue weighted by molar-refractivity contribution is 7.99. The molecule has 0 aliphatic rings. The zero-order chi connectivity index (χ0) is 16.8. The van der Waals surface area contributed by atoms with Gasteiger partial charge in [-0.05, 0) is 12.2 Å². The summed E-state index contributed by atoms with van der Waals surface area (Å²) in [4.78, 5) is 16.9. The molecule has 0 fully saturated rings. The second kappa shape index (κ2) is 7.44. The summed E-state index contributed by atoms with van der Waals surface area (Å²) in [6, 6.07) is 12.4. The van der Waals surface area contributed by atoms with Gasteiger partial charge in [-0.1, -0.05) is 37.3 Å². The monoisotopic (exact) mass is 322 g/mol. The molecule has 0 atom stereocenters. The van der Waals surface area contributed by atoms with E-state index in [1.807, 2.05) is 19.1 Å². The van der Waals surface area contributed by atoms with E-state index >= 15 is 0 Å². The fraction of sp³-hybridized carbons (Fsp3) is 0.176. The number of nitrogens with zero attached hydrogens (tertiary/aromatic N) is 3. The normalized spacial score (nSPS) is 9.87. The molecule has 2 N–H and O–H groups in total. The van der Waals surface area contributed by atoms with Crippen molar-refractivity contribution < 1.29 is 4.79 Å². The first-order valence-corrected chi connectivity index (χ1v) is 7.98. The Morgan fingerprint density at radius 2 is 1.87 bits per heavy atom. The summed E-state index contributed by atoms with van der Waals surface area (Å²) < 4.78 is 0. The van der Waals surface area contributed by atoms with E-state index in [1.165, 1.54) is 11.8 Å². The zero-order valence-corrected chi connectivity index (χ0v) is 13.4. The molecule has 6 heteroatoms. The lowest BCUT2D eigenvalue weighted by Gasteiger charge is -2.11. The van der Waals surface area contributed by atoms with Crippen LogP contribution in [-0.2, 0) is 0 Å². The van der Waals surface area contributed by atoms with E-state index in [0.717, 1.165) is 12.2 Å². The predicted molar refractivity (Wildman–Crippen MR) is 89.0 cm³/mol. The number of carbonyl (C=O) groups is 1. The molecule has 0 aliphatic carbocycles. The van der Waals surface area contributed by atoms with E-state index in [-0.39, 0.29) is 22.5 Å². The standard InChI is InChI=1S/C17H14N4OS/c1-2-8-23-17-13(10-19)14(12(9-18)16(20)21-17)15(22)11-6-4-3-5-7-11/h3-7H,2,8H2,1H3,(H2,20,21). The average Bonchev–Trinajstić information content (AvgIpc) is 2.59. The van der Waals surface area contributed by atoms with Gasteiger partial charge in [-0.2, -0.15) is 10.5 Å². The molecule has 0 spiro atoms. The number of hydrogen-bond donors (Lipinski definition) is 1. The highest BCUT2D eigenvalue weighted by Crippen LogP contribution is 2.30. The molecule has 23 heavy (non-hydrogen) atoms. The summed E-state index contributed by atoms with van der Waals surface area (Å²) >= 11 is 1.36. The molecule has 1 heterocycles. The second-order valence-corrected chi connectivity index (χ2v) is 5.78. The molecule has 0 saturated heterocycles. The number of thioether (sulfide) groups is 1. The number of nitrogens with two attached hydrogens (primary N) is 1. The van der Waals surface area contributed by atoms with Gasteiger partial charge in [0.05, 0.1) is 11.1 Å². The second-order valence-electron chi connectivity index (χ2n) is 4.69. The number of ketones is 1. The van der Waals surface area contributed by atoms with Gasteiger partial charge >= 0.3 is 0 Å². The summed E-state index contributed by atoms with van der Waals surface area (Å²) in [5, 5.41) is 19.2. The number of rotatable bonds is 5. The molecule has 0 radical (unpaired) electrons. The minimum Gasteiger partial charge on any atom is -0.383 e. The van der Waals surface area contributed by atoms with E-state index in [0.29, 0.717) is 10.6 Å². The molecule has 1 aromatic carbocycles. The van der Waals surface area contributed by atoms with E-state index in [4.69, 9.17) is 5.73 Å². The van der Waals surface area contributed by atoms with Gasteiger partial charge < -0.3 is 5.73 Å². The Labute approximate surface area is 138 Å². The van der Waals surface area contributed by atoms with Gasteiger partial charge in [-0.3, -0.25) is 4.79 Å². The molecule has 1 aromatic heterocycles. The van der Waals surface area contributed by atoms with Gasteiger partial charge in [0.25, 0.3) is 0 Å². The Kier molecular flexibility index (Phi) is 5.35. The maximum atomic E-state index is 12.8. The number of pyridine rings is 1. The van der Waals surface area contributed by atoms with Crippen LogP contribution in [0.5, 0.6) is 0 Å². The molecule has 2 rings (SSSR count). The molecule has 114 valence electrons. The first-order chi connectivity index (χ1) is 11.1. The Balaban J connectivity index is 2.69. The molecule has 0 amide bonds. The molecule has 5 nitrogen and oxygen atoms in total. The summed E-state index contributed by atoms with van der Waals surface area (Å²) in [5.41, 5.74) is 6.34. The fourth-order valence-corrected chi connectivity index (χ4v) is 2.91. The highest BCUT2D eigenvalue weighted by atomic mass is 32.2. The van der Waals surface area contributed by atoms with Gasteiger partial charge in [-0.25, -0.2) is 4.98 Å². The van der Waals surface area contributed by atoms with E-state index in [1.54, 1.807) is 30.3 Å². The van der Waals surface area contributed by atoms with E-state index in [2.05, 4.69) is 4.98 Å². The lowest BCUT2D eigenvalue weighted by molar-refractivity contribution is 0.103. The molecule has 0 aliphatic heterocycles. The van der Waals surface area contributed by atoms with E-state index in [9.17, 15) is 15.3 Å². The quantitative estimate of drug-likeness (QED) is 0.670. The van der Waals surface area contributed by atoms with Crippen LogP contribution in [0.15, 0.2) is 35.4 Å². The van der Waals surface area contributed by atoms with Crippen LogP contribution >= 0.6 is 11.8 Å². The van der Waals surface area contributed by atoms with Crippen LogP contribution in [0, 0.1) is 22.7 Å². The van der Waals surface area contributed by atoms with Crippen molar-refractivity contribution in [1.82, 2.24) is 4.98 Å². The number of carbonyl (C=O) groups excluding carboxylic acids is 1. The molecule has 0 saturated carbocycles. The maximum absolute atomic E-state index is 12.8. The summed E-state index contributed by atoms with van der Waals surface area (Å²) in [5.74, 6) is 0.321. The zero-order valence-electron chi connectivity index (χ0n) is 12.5. The minimum absolute atomic E-state index is 0.0237. The minimum atomic E-state index is -0.397. The van der Waals surface area contributed by atoms with Gasteiger partial charge in [0.15, 0.2) is 5.78 Å². The van der Waals surface area contributed by atoms with Gasteiger partial charge in [0, 0.05) is 5.56 Å². The number of anilines is 1. The van der Waals surface area contributed by atoms with Crippen molar-refractivity contribution in [3.05, 3.63) is 52.6 Å². The van der Waals surface area contributed by atoms with Crippen LogP contribution in [-0.4, -0.2) is 16.5 Å². The SMILES string of the molecule is CCCSc1nc(N)c(C#N)c(C(=O)c2ccccc2)c1C#N. The lowest BCUT2D eigenvalue weighted by atomic mass is 9.96. The van der Waals surface area contributed by atoms with Gasteiger partial charge in [0.1, 0.15) is 28.5 Å². The molecule has 2 aromatic rings. The summed E-state index contributed by atoms with van der Waals surface area (Å²) in [6.07, 6.45) is 0.888. The highest BCUT2D eigenvalue weighted by Gasteiger charge is 2.24. The lowest BCUT2D eigenvalue weighted by Crippen LogP contribution is -2.12. The number of benzene rings is 1. The predicted octanol–water partition coefficient (Wildman–Crippen LogP) is 3.14. The van der Waals surface area contributed by atoms with E-state index < -0.39 is 5.78 Å². The van der Waals surface area contributed by atoms with Crippen molar-refractivity contribution in [3.8, 4) is 12.1 Å². The molecular weight excluding hydrogens is 308 g/mol. The van der Waals surface area contributed by atoms with Crippen LogP contribution in [0.3, 0.4) is 0 Å². The topological polar surface area (TPSA) is 104 Å². The van der Waals surface area contributed by atoms with Crippen molar-refractivity contribution >= 4 is 23.4 Å². The Bertz CT molecular complexity index is 819. The van der Waals surface area contributed by atoms with Crippen LogP contribution in [0.2, 0.25) is 0 Å². The number of hydrogen-bond acceptors (Lipinski definition) is 6. The molecular formula is C17H14N4OS. The van der Waals surface area contributed by atoms with Crippen molar-refractivity contribution in [3.63, 3.8) is 0 Å². The largest absolute Gasteiger partial charge is 0.383 e. The van der Waals surface area contributed by atoms with Crippen molar-refractivity contribution in [2.75, 3.05) is 11.5 Å². The summed E-state index contributed by atoms with van der Waals surface area (Å²) in [7, 11) is 0. The third-order valence-corrected chi connectivity index (χ3v) is 4.30. The van der Waals surface area contributed by atoms with Crippen LogP contribution < -0.4 is 5.73 Å². The van der Waals surface area contributed by atoms with Gasteiger partial charge in [0.2, 0.25) is 0 Å². The fourth-order valence-electron chi connectivity index (χ4n) is 2.06. The maximum Gasteiger partial charge on any atom is 0.195 e. The van der Waals surface area contributed by atoms with Crippen molar-refractivity contribution in [2.45, 2.75) is 18.4 Å². The third kappa shape index (κ3) is 3.33. The molecule has 0 unspecified atom stereocenters. The number of nitrogen functional groups attached to an aromatic ring is 1. The van der Waals surface area contributed by atoms with Crippen molar-refractivity contribution in [2.24, 2.45) is 0 Å². The Hall–Kier alpha value is -2.83. The average molecular weight is 322 g/mol. The first-order valence-electron chi connectivity index (χ1n) is 7.00. The third-order valence-electron chi connectivity index (χ3n) is 3.12. The van der Waals surface area contributed by atoms with Gasteiger partial charge in [-0.15, -0.1) is 11.8 Å². The van der Waals surface area contributed by atoms with Crippen LogP contribution in [0.4, 0.5) is 5.82 Å². The summed E-state index contributed by atoms with van der Waals surface area (Å²) in [6.45, 7) is 2.00. The van der Waals surface area contributed by atoms with Crippen LogP contribution in [0.25, 0.3) is 0 Å². The molecule has 0 bridgehead atoms. The Morgan fingerprint density at radius 3 is 2.43 bits per heavy atom. The first kappa shape index (κ1) is 16.5.